The van der Waals surface area contributed by atoms with Crippen LogP contribution in [0.2, 0.25) is 0 Å². The minimum atomic E-state index is -1.62. The lowest BCUT2D eigenvalue weighted by Crippen LogP contribution is -2.60. The lowest BCUT2D eigenvalue weighted by molar-refractivity contribution is -0.144. The van der Waals surface area contributed by atoms with E-state index in [9.17, 15) is 24.3 Å². The molecule has 5 unspecified atom stereocenters. The van der Waals surface area contributed by atoms with Gasteiger partial charge in [0.1, 0.15) is 18.1 Å². The summed E-state index contributed by atoms with van der Waals surface area (Å²) >= 11 is 3.99. The summed E-state index contributed by atoms with van der Waals surface area (Å²) in [6.45, 7) is 0.339. The van der Waals surface area contributed by atoms with Crippen molar-refractivity contribution in [3.05, 3.63) is 36.0 Å². The molecular weight excluding hydrogens is 466 g/mol. The van der Waals surface area contributed by atoms with Gasteiger partial charge in [-0.1, -0.05) is 18.2 Å². The summed E-state index contributed by atoms with van der Waals surface area (Å²) in [6, 6.07) is 1.99. The Kier molecular flexibility index (Phi) is 9.86. The average Bonchev–Trinajstić information content (AvgIpc) is 3.21. The van der Waals surface area contributed by atoms with E-state index in [1.165, 1.54) is 6.92 Å². The second kappa shape index (κ2) is 12.4. The molecule has 34 heavy (non-hydrogen) atoms. The fourth-order valence-corrected chi connectivity index (χ4v) is 3.36. The second-order valence-corrected chi connectivity index (χ2v) is 8.09. The zero-order valence-corrected chi connectivity index (χ0v) is 19.3. The molecule has 2 aromatic rings. The number of benzene rings is 1. The van der Waals surface area contributed by atoms with E-state index >= 15 is 0 Å². The van der Waals surface area contributed by atoms with Gasteiger partial charge in [-0.05, 0) is 18.6 Å². The summed E-state index contributed by atoms with van der Waals surface area (Å²) < 4.78 is 0. The van der Waals surface area contributed by atoms with Gasteiger partial charge in [-0.15, -0.1) is 0 Å². The maximum atomic E-state index is 13.1. The third-order valence-electron chi connectivity index (χ3n) is 5.13. The number of aliphatic carboxylic acids is 1. The van der Waals surface area contributed by atoms with Crippen LogP contribution in [0.25, 0.3) is 10.9 Å². The fourth-order valence-electron chi connectivity index (χ4n) is 3.20. The number of aliphatic hydroxyl groups is 2. The summed E-state index contributed by atoms with van der Waals surface area (Å²) in [6.07, 6.45) is 0.303. The van der Waals surface area contributed by atoms with Crippen LogP contribution in [0.15, 0.2) is 30.5 Å². The van der Waals surface area contributed by atoms with E-state index in [0.717, 1.165) is 10.9 Å². The number of thiol groups is 1. The Morgan fingerprint density at radius 3 is 2.29 bits per heavy atom. The number of carbonyl (C=O) groups is 4. The number of nitrogens with one attached hydrogen (secondary N) is 4. The maximum Gasteiger partial charge on any atom is 0.328 e. The number of carbonyl (C=O) groups excluding carboxylic acids is 3. The number of aromatic amines is 1. The molecule has 9 N–H and O–H groups in total. The number of para-hydroxylation sites is 1. The van der Waals surface area contributed by atoms with Crippen LogP contribution in [0.1, 0.15) is 12.5 Å². The Morgan fingerprint density at radius 2 is 1.71 bits per heavy atom. The topological polar surface area (TPSA) is 207 Å². The number of aliphatic hydroxyl groups excluding tert-OH is 2. The van der Waals surface area contributed by atoms with Gasteiger partial charge in [0.05, 0.1) is 18.8 Å². The van der Waals surface area contributed by atoms with E-state index in [2.05, 4.69) is 28.2 Å². The molecule has 0 spiro atoms. The molecule has 0 aliphatic carbocycles. The van der Waals surface area contributed by atoms with E-state index in [1.54, 1.807) is 6.20 Å². The minimum absolute atomic E-state index is 0.0312. The Morgan fingerprint density at radius 1 is 1.06 bits per heavy atom. The number of aromatic nitrogens is 1. The van der Waals surface area contributed by atoms with Gasteiger partial charge in [0.2, 0.25) is 17.7 Å². The van der Waals surface area contributed by atoms with Crippen molar-refractivity contribution in [1.29, 1.82) is 0 Å². The molecule has 1 aromatic carbocycles. The number of carboxylic acids is 1. The Labute approximate surface area is 200 Å². The number of nitrogens with two attached hydrogens (primary N) is 1. The highest BCUT2D eigenvalue weighted by atomic mass is 32.1. The molecule has 3 amide bonds. The third-order valence-corrected chi connectivity index (χ3v) is 5.52. The lowest BCUT2D eigenvalue weighted by Gasteiger charge is -2.26. The van der Waals surface area contributed by atoms with Crippen molar-refractivity contribution in [3.63, 3.8) is 0 Å². The van der Waals surface area contributed by atoms with Crippen molar-refractivity contribution in [3.8, 4) is 0 Å². The quantitative estimate of drug-likeness (QED) is 0.148. The van der Waals surface area contributed by atoms with Crippen molar-refractivity contribution >= 4 is 47.2 Å². The van der Waals surface area contributed by atoms with Crippen LogP contribution in [0.5, 0.6) is 0 Å². The van der Waals surface area contributed by atoms with Crippen LogP contribution in [0.4, 0.5) is 0 Å². The number of hydrogen-bond acceptors (Lipinski definition) is 8. The first kappa shape index (κ1) is 27.1. The van der Waals surface area contributed by atoms with Crippen LogP contribution < -0.4 is 21.7 Å². The Balaban J connectivity index is 2.26. The molecule has 5 atom stereocenters. The van der Waals surface area contributed by atoms with Crippen molar-refractivity contribution in [2.45, 2.75) is 43.6 Å². The zero-order chi connectivity index (χ0) is 25.4. The van der Waals surface area contributed by atoms with Gasteiger partial charge >= 0.3 is 5.97 Å². The Bertz CT molecular complexity index is 1030. The predicted octanol–water partition coefficient (Wildman–Crippen LogP) is -2.12. The van der Waals surface area contributed by atoms with Gasteiger partial charge in [-0.25, -0.2) is 4.79 Å². The highest BCUT2D eigenvalue weighted by molar-refractivity contribution is 7.80. The van der Waals surface area contributed by atoms with Gasteiger partial charge in [-0.2, -0.15) is 12.6 Å². The monoisotopic (exact) mass is 495 g/mol. The second-order valence-electron chi connectivity index (χ2n) is 7.72. The molecule has 186 valence electrons. The number of hydrogen-bond donors (Lipinski definition) is 9. The van der Waals surface area contributed by atoms with Crippen LogP contribution in [-0.2, 0) is 25.6 Å². The molecule has 0 saturated carbocycles. The first-order valence-electron chi connectivity index (χ1n) is 10.4. The lowest BCUT2D eigenvalue weighted by atomic mass is 10.0. The summed E-state index contributed by atoms with van der Waals surface area (Å²) in [5.74, 6) is -3.92. The third kappa shape index (κ3) is 6.93. The minimum Gasteiger partial charge on any atom is -0.480 e. The summed E-state index contributed by atoms with van der Waals surface area (Å²) in [5, 5.41) is 35.9. The highest BCUT2D eigenvalue weighted by Crippen LogP contribution is 2.19. The average molecular weight is 496 g/mol. The largest absolute Gasteiger partial charge is 0.480 e. The molecule has 2 rings (SSSR count). The van der Waals surface area contributed by atoms with Crippen LogP contribution >= 0.6 is 12.6 Å². The van der Waals surface area contributed by atoms with Gasteiger partial charge in [0, 0.05) is 29.3 Å². The maximum absolute atomic E-state index is 13.1. The standard InChI is InChI=1S/C21H29N5O7S/c1-10(28)17(20(31)25-16(8-27)21(32)33)26-19(30)15(24-18(29)13(22)9-34)6-11-7-23-14-5-3-2-4-12(11)14/h2-5,7,10,13,15-17,23,27-28,34H,6,8-9,22H2,1H3,(H,24,29)(H,25,31)(H,26,30)(H,32,33). The number of amides is 3. The van der Waals surface area contributed by atoms with Gasteiger partial charge in [-0.3, -0.25) is 14.4 Å². The van der Waals surface area contributed by atoms with Crippen LogP contribution in [-0.4, -0.2) is 86.6 Å². The molecule has 0 aliphatic heterocycles. The van der Waals surface area contributed by atoms with Gasteiger partial charge in [0.25, 0.3) is 0 Å². The molecule has 1 aromatic heterocycles. The van der Waals surface area contributed by atoms with Crippen LogP contribution in [0, 0.1) is 0 Å². The van der Waals surface area contributed by atoms with Crippen molar-refractivity contribution in [1.82, 2.24) is 20.9 Å². The normalized spacial score (nSPS) is 15.6. The van der Waals surface area contributed by atoms with Crippen molar-refractivity contribution in [2.75, 3.05) is 12.4 Å². The van der Waals surface area contributed by atoms with Gasteiger partial charge in [0.15, 0.2) is 0 Å². The Hall–Kier alpha value is -3.13. The fraction of sp³-hybridized carbons (Fsp3) is 0.429. The van der Waals surface area contributed by atoms with Crippen LogP contribution in [0.3, 0.4) is 0 Å². The molecule has 13 heteroatoms. The molecule has 12 nitrogen and oxygen atoms in total. The molecule has 0 aliphatic rings. The molecule has 0 bridgehead atoms. The summed E-state index contributed by atoms with van der Waals surface area (Å²) in [4.78, 5) is 52.2. The van der Waals surface area contributed by atoms with E-state index in [0.29, 0.717) is 5.56 Å². The smallest absolute Gasteiger partial charge is 0.328 e. The first-order chi connectivity index (χ1) is 16.1. The van der Waals surface area contributed by atoms with Crippen molar-refractivity contribution < 1.29 is 34.5 Å². The summed E-state index contributed by atoms with van der Waals surface area (Å²) in [5.41, 5.74) is 7.24. The molecule has 1 heterocycles. The predicted molar refractivity (Wildman–Crippen MR) is 126 cm³/mol. The van der Waals surface area contributed by atoms with Crippen molar-refractivity contribution in [2.24, 2.45) is 5.73 Å². The molecule has 0 radical (unpaired) electrons. The zero-order valence-electron chi connectivity index (χ0n) is 18.4. The molecule has 0 saturated heterocycles. The first-order valence-corrected chi connectivity index (χ1v) is 11.1. The number of H-pyrrole nitrogens is 1. The number of fused-ring (bicyclic) bond motifs is 1. The van der Waals surface area contributed by atoms with Gasteiger partial charge < -0.3 is 42.0 Å². The highest BCUT2D eigenvalue weighted by Gasteiger charge is 2.32. The molecular formula is C21H29N5O7S. The number of carboxylic acid groups (broad SMARTS) is 1. The van der Waals surface area contributed by atoms with E-state index < -0.39 is 60.6 Å². The molecule has 0 fully saturated rings. The summed E-state index contributed by atoms with van der Waals surface area (Å²) in [7, 11) is 0. The van der Waals surface area contributed by atoms with E-state index in [4.69, 9.17) is 15.9 Å². The SMILES string of the molecule is CC(O)C(NC(=O)C(Cc1c[nH]c2ccccc12)NC(=O)C(N)CS)C(=O)NC(CO)C(=O)O. The van der Waals surface area contributed by atoms with E-state index in [1.807, 2.05) is 29.6 Å². The van der Waals surface area contributed by atoms with E-state index in [-0.39, 0.29) is 12.2 Å². The number of rotatable bonds is 12.